The fourth-order valence-electron chi connectivity index (χ4n) is 4.90. The minimum Gasteiger partial charge on any atom is -0.399 e. The van der Waals surface area contributed by atoms with Crippen LogP contribution >= 0.6 is 0 Å². The summed E-state index contributed by atoms with van der Waals surface area (Å²) in [5, 5.41) is 0. The quantitative estimate of drug-likeness (QED) is 0.846. The Morgan fingerprint density at radius 1 is 1.04 bits per heavy atom. The summed E-state index contributed by atoms with van der Waals surface area (Å²) in [6.45, 7) is 2.42. The molecule has 1 saturated heterocycles. The number of rotatable bonds is 4. The molecule has 0 spiro atoms. The number of hydrogen-bond donors (Lipinski definition) is 1. The Hall–Kier alpha value is -1.80. The second kappa shape index (κ2) is 6.60. The Kier molecular flexibility index (Phi) is 4.32. The van der Waals surface area contributed by atoms with Gasteiger partial charge in [0.1, 0.15) is 0 Å². The molecule has 2 fully saturated rings. The van der Waals surface area contributed by atoms with Gasteiger partial charge < -0.3 is 5.73 Å². The van der Waals surface area contributed by atoms with Gasteiger partial charge in [0.2, 0.25) is 0 Å². The molecule has 0 amide bonds. The molecule has 1 heterocycles. The van der Waals surface area contributed by atoms with Crippen molar-refractivity contribution in [2.75, 3.05) is 18.8 Å². The van der Waals surface area contributed by atoms with Crippen LogP contribution in [-0.4, -0.2) is 24.0 Å². The van der Waals surface area contributed by atoms with E-state index in [9.17, 15) is 0 Å². The van der Waals surface area contributed by atoms with E-state index < -0.39 is 0 Å². The van der Waals surface area contributed by atoms with E-state index in [1.807, 2.05) is 6.07 Å². The van der Waals surface area contributed by atoms with Crippen LogP contribution in [0, 0.1) is 0 Å². The topological polar surface area (TPSA) is 29.3 Å². The van der Waals surface area contributed by atoms with Gasteiger partial charge in [0, 0.05) is 18.3 Å². The smallest absolute Gasteiger partial charge is 0.0316 e. The maximum atomic E-state index is 6.06. The number of anilines is 1. The predicted molar refractivity (Wildman–Crippen MR) is 101 cm³/mol. The molecule has 2 heteroatoms. The molecule has 2 aliphatic rings. The molecule has 1 aliphatic heterocycles. The van der Waals surface area contributed by atoms with Gasteiger partial charge in [-0.1, -0.05) is 48.9 Å². The third-order valence-corrected chi connectivity index (χ3v) is 6.24. The second-order valence-electron chi connectivity index (χ2n) is 7.68. The zero-order valence-electron chi connectivity index (χ0n) is 14.5. The van der Waals surface area contributed by atoms with Crippen LogP contribution in [0.4, 0.5) is 5.69 Å². The number of piperidine rings is 1. The molecule has 2 unspecified atom stereocenters. The summed E-state index contributed by atoms with van der Waals surface area (Å²) in [5.41, 5.74) is 10.3. The molecule has 0 aromatic heterocycles. The fourth-order valence-corrected chi connectivity index (χ4v) is 4.90. The number of nitrogens with two attached hydrogens (primary N) is 1. The minimum absolute atomic E-state index is 0.377. The summed E-state index contributed by atoms with van der Waals surface area (Å²) in [6.07, 6.45) is 7.80. The van der Waals surface area contributed by atoms with Crippen molar-refractivity contribution in [1.29, 1.82) is 0 Å². The summed E-state index contributed by atoms with van der Waals surface area (Å²) in [6, 6.07) is 20.3. The monoisotopic (exact) mass is 320 g/mol. The van der Waals surface area contributed by atoms with Crippen LogP contribution in [-0.2, 0) is 11.8 Å². The maximum absolute atomic E-state index is 6.06. The van der Waals surface area contributed by atoms with E-state index in [-0.39, 0.29) is 0 Å². The van der Waals surface area contributed by atoms with E-state index in [1.54, 1.807) is 0 Å². The lowest BCUT2D eigenvalue weighted by Crippen LogP contribution is -2.52. The van der Waals surface area contributed by atoms with Crippen molar-refractivity contribution in [3.8, 4) is 0 Å². The zero-order valence-corrected chi connectivity index (χ0v) is 14.5. The van der Waals surface area contributed by atoms with Gasteiger partial charge in [-0.3, -0.25) is 4.90 Å². The van der Waals surface area contributed by atoms with Crippen LogP contribution < -0.4 is 5.73 Å². The van der Waals surface area contributed by atoms with Crippen LogP contribution in [0.5, 0.6) is 0 Å². The van der Waals surface area contributed by atoms with Crippen molar-refractivity contribution in [1.82, 2.24) is 4.90 Å². The lowest BCUT2D eigenvalue weighted by Gasteiger charge is -2.51. The van der Waals surface area contributed by atoms with Gasteiger partial charge in [0.05, 0.1) is 0 Å². The predicted octanol–water partition coefficient (Wildman–Crippen LogP) is 4.40. The summed E-state index contributed by atoms with van der Waals surface area (Å²) in [5.74, 6) is 0. The van der Waals surface area contributed by atoms with Gasteiger partial charge in [-0.25, -0.2) is 0 Å². The zero-order chi connectivity index (χ0) is 16.4. The lowest BCUT2D eigenvalue weighted by molar-refractivity contribution is 0.0525. The van der Waals surface area contributed by atoms with Gasteiger partial charge in [0.15, 0.2) is 0 Å². The summed E-state index contributed by atoms with van der Waals surface area (Å²) in [4.78, 5) is 2.75. The van der Waals surface area contributed by atoms with Crippen molar-refractivity contribution in [2.45, 2.75) is 50.0 Å². The van der Waals surface area contributed by atoms with Gasteiger partial charge >= 0.3 is 0 Å². The van der Waals surface area contributed by atoms with Gasteiger partial charge in [-0.2, -0.15) is 0 Å². The Morgan fingerprint density at radius 2 is 1.92 bits per heavy atom. The van der Waals surface area contributed by atoms with E-state index >= 15 is 0 Å². The molecule has 2 bridgehead atoms. The molecule has 4 rings (SSSR count). The van der Waals surface area contributed by atoms with Gasteiger partial charge in [-0.15, -0.1) is 0 Å². The highest BCUT2D eigenvalue weighted by atomic mass is 15.2. The van der Waals surface area contributed by atoms with Crippen LogP contribution in [0.15, 0.2) is 54.6 Å². The number of nitrogen functional groups attached to an aromatic ring is 1. The van der Waals surface area contributed by atoms with Crippen molar-refractivity contribution < 1.29 is 0 Å². The minimum atomic E-state index is 0.377. The first kappa shape index (κ1) is 15.7. The molecule has 24 heavy (non-hydrogen) atoms. The van der Waals surface area contributed by atoms with Crippen LogP contribution in [0.3, 0.4) is 0 Å². The first-order valence-corrected chi connectivity index (χ1v) is 9.39. The van der Waals surface area contributed by atoms with Crippen LogP contribution in [0.25, 0.3) is 0 Å². The van der Waals surface area contributed by atoms with Crippen molar-refractivity contribution in [3.63, 3.8) is 0 Å². The number of nitrogens with zero attached hydrogens (tertiary/aromatic N) is 1. The van der Waals surface area contributed by atoms with E-state index in [0.29, 0.717) is 5.41 Å². The Bertz CT molecular complexity index is 681. The number of fused-ring (bicyclic) bond motifs is 2. The average Bonchev–Trinajstić information content (AvgIpc) is 2.62. The van der Waals surface area contributed by atoms with E-state index in [4.69, 9.17) is 5.73 Å². The third kappa shape index (κ3) is 3.08. The average molecular weight is 320 g/mol. The fraction of sp³-hybridized carbons (Fsp3) is 0.455. The molecular weight excluding hydrogens is 292 g/mol. The molecule has 1 aliphatic carbocycles. The number of hydrogen-bond acceptors (Lipinski definition) is 2. The molecule has 0 radical (unpaired) electrons. The molecule has 2 aromatic carbocycles. The normalized spacial score (nSPS) is 27.1. The first-order chi connectivity index (χ1) is 11.8. The van der Waals surface area contributed by atoms with E-state index in [1.165, 1.54) is 62.7 Å². The highest BCUT2D eigenvalue weighted by molar-refractivity contribution is 5.44. The first-order valence-electron chi connectivity index (χ1n) is 9.39. The molecular formula is C22H28N2. The van der Waals surface area contributed by atoms with Crippen molar-refractivity contribution >= 4 is 5.69 Å². The highest BCUT2D eigenvalue weighted by Crippen LogP contribution is 2.47. The molecule has 2 N–H and O–H groups in total. The Balaban J connectivity index is 1.46. The molecule has 126 valence electrons. The standard InChI is InChI=1S/C22H28N2/c23-20-9-4-8-19(16-20)22-12-5-10-21(17-22)24(15-13-22)14-11-18-6-2-1-3-7-18/h1-4,6-9,16,21H,5,10-15,17,23H2. The number of likely N-dealkylation sites (tertiary alicyclic amines) is 1. The van der Waals surface area contributed by atoms with Crippen LogP contribution in [0.1, 0.15) is 43.2 Å². The van der Waals surface area contributed by atoms with Gasteiger partial charge in [0.25, 0.3) is 0 Å². The van der Waals surface area contributed by atoms with Crippen molar-refractivity contribution in [2.24, 2.45) is 0 Å². The SMILES string of the molecule is Nc1cccc(C23CCCC(C2)N(CCc2ccccc2)CC3)c1. The maximum Gasteiger partial charge on any atom is 0.0316 e. The van der Waals surface area contributed by atoms with Crippen molar-refractivity contribution in [3.05, 3.63) is 65.7 Å². The van der Waals surface area contributed by atoms with E-state index in [2.05, 4.69) is 53.4 Å². The van der Waals surface area contributed by atoms with E-state index in [0.717, 1.165) is 11.7 Å². The highest BCUT2D eigenvalue weighted by Gasteiger charge is 2.43. The lowest BCUT2D eigenvalue weighted by atomic mass is 9.63. The molecule has 1 saturated carbocycles. The summed E-state index contributed by atoms with van der Waals surface area (Å²) < 4.78 is 0. The Morgan fingerprint density at radius 3 is 2.75 bits per heavy atom. The summed E-state index contributed by atoms with van der Waals surface area (Å²) in [7, 11) is 0. The summed E-state index contributed by atoms with van der Waals surface area (Å²) >= 11 is 0. The van der Waals surface area contributed by atoms with Gasteiger partial charge in [-0.05, 0) is 67.3 Å². The molecule has 2 aromatic rings. The second-order valence-corrected chi connectivity index (χ2v) is 7.68. The number of benzene rings is 2. The molecule has 2 atom stereocenters. The third-order valence-electron chi connectivity index (χ3n) is 6.24. The molecule has 2 nitrogen and oxygen atoms in total. The van der Waals surface area contributed by atoms with Crippen LogP contribution in [0.2, 0.25) is 0 Å². The Labute approximate surface area is 145 Å². The largest absolute Gasteiger partial charge is 0.399 e.